The van der Waals surface area contributed by atoms with Crippen molar-refractivity contribution in [2.24, 2.45) is 0 Å². The highest BCUT2D eigenvalue weighted by Crippen LogP contribution is 2.95. The van der Waals surface area contributed by atoms with E-state index in [-0.39, 0.29) is 0 Å². The van der Waals surface area contributed by atoms with Crippen LogP contribution in [0, 0.1) is 0 Å². The van der Waals surface area contributed by atoms with E-state index in [2.05, 4.69) is 294 Å². The summed E-state index contributed by atoms with van der Waals surface area (Å²) >= 11 is 1.91. The van der Waals surface area contributed by atoms with Crippen molar-refractivity contribution >= 4 is 107 Å². The molecular formula is C84H47N5S. The summed E-state index contributed by atoms with van der Waals surface area (Å²) in [5.41, 5.74) is 19.5. The molecule has 6 heteroatoms. The van der Waals surface area contributed by atoms with Gasteiger partial charge in [0, 0.05) is 64.1 Å². The Morgan fingerprint density at radius 3 is 1.34 bits per heavy atom. The first-order valence-corrected chi connectivity index (χ1v) is 32.0. The molecule has 4 aliphatic carbocycles. The summed E-state index contributed by atoms with van der Waals surface area (Å²) in [4.78, 5) is 17.0. The van der Waals surface area contributed by atoms with Crippen LogP contribution in [0.1, 0.15) is 33.4 Å². The molecular weight excluding hydrogens is 1110 g/mol. The second-order valence-electron chi connectivity index (χ2n) is 25.1. The van der Waals surface area contributed by atoms with E-state index in [0.717, 1.165) is 55.0 Å². The Bertz CT molecular complexity index is 6300. The van der Waals surface area contributed by atoms with Crippen molar-refractivity contribution in [2.45, 2.75) is 16.2 Å². The molecule has 4 aromatic heterocycles. The lowest BCUT2D eigenvalue weighted by molar-refractivity contribution is 0.735. The minimum atomic E-state index is -0.453. The number of nitrogens with zero attached hydrogens (tertiary/aromatic N) is 5. The van der Waals surface area contributed by atoms with Crippen molar-refractivity contribution in [1.29, 1.82) is 0 Å². The highest BCUT2D eigenvalue weighted by molar-refractivity contribution is 7.26. The van der Waals surface area contributed by atoms with Crippen LogP contribution in [0.3, 0.4) is 0 Å². The van der Waals surface area contributed by atoms with Gasteiger partial charge in [-0.1, -0.05) is 255 Å². The summed E-state index contributed by atoms with van der Waals surface area (Å²) in [5.74, 6) is 1.82. The predicted molar refractivity (Wildman–Crippen MR) is 371 cm³/mol. The van der Waals surface area contributed by atoms with Crippen molar-refractivity contribution in [1.82, 2.24) is 24.1 Å². The molecule has 4 aliphatic rings. The maximum Gasteiger partial charge on any atom is 0.238 e. The summed E-state index contributed by atoms with van der Waals surface area (Å²) in [5, 5.41) is 15.1. The Morgan fingerprint density at radius 1 is 0.267 bits per heavy atom. The van der Waals surface area contributed by atoms with E-state index in [0.29, 0.717) is 17.6 Å². The van der Waals surface area contributed by atoms with Crippen LogP contribution in [0.15, 0.2) is 285 Å². The SMILES string of the molecule is c1ccc(-c2nc(-c3ccc4c5c(cccc35)C35c6cccc7c(-c8cccc9c8sc8ccccc89)ccc(c67)C36c3ccc(-c7ccccc7)c7cccc(c37)C465)nc(-n3c4ccccc4c4ccc5c6ccccc6n(-c6ccccc6)c5c43)n2)cc1. The molecule has 5 nitrogen and oxygen atoms in total. The Kier molecular flexibility index (Phi) is 8.84. The van der Waals surface area contributed by atoms with Crippen LogP contribution in [0.4, 0.5) is 0 Å². The van der Waals surface area contributed by atoms with Gasteiger partial charge in [0.05, 0.1) is 38.3 Å². The zero-order chi connectivity index (χ0) is 58.3. The van der Waals surface area contributed by atoms with Gasteiger partial charge < -0.3 is 4.57 Å². The van der Waals surface area contributed by atoms with Gasteiger partial charge in [0.15, 0.2) is 11.6 Å². The van der Waals surface area contributed by atoms with Crippen LogP contribution >= 0.6 is 11.3 Å². The maximum absolute atomic E-state index is 5.80. The zero-order valence-electron chi connectivity index (χ0n) is 48.3. The van der Waals surface area contributed by atoms with Crippen LogP contribution in [0.5, 0.6) is 0 Å². The van der Waals surface area contributed by atoms with Gasteiger partial charge in [0.2, 0.25) is 5.95 Å². The Balaban J connectivity index is 0.828. The molecule has 0 saturated heterocycles. The summed E-state index contributed by atoms with van der Waals surface area (Å²) < 4.78 is 7.40. The van der Waals surface area contributed by atoms with E-state index in [1.807, 2.05) is 11.3 Å². The topological polar surface area (TPSA) is 48.5 Å². The number of rotatable bonds is 6. The van der Waals surface area contributed by atoms with Crippen LogP contribution in [-0.2, 0) is 16.2 Å². The first kappa shape index (κ1) is 47.8. The molecule has 0 aliphatic heterocycles. The molecule has 0 bridgehead atoms. The Hall–Kier alpha value is -11.3. The van der Waals surface area contributed by atoms with Gasteiger partial charge in [-0.25, -0.2) is 4.98 Å². The van der Waals surface area contributed by atoms with Crippen molar-refractivity contribution in [3.63, 3.8) is 0 Å². The van der Waals surface area contributed by atoms with Crippen LogP contribution in [-0.4, -0.2) is 24.1 Å². The van der Waals surface area contributed by atoms with Gasteiger partial charge in [0.1, 0.15) is 0 Å². The van der Waals surface area contributed by atoms with E-state index in [1.165, 1.54) is 114 Å². The minimum absolute atomic E-state index is 0.422. The van der Waals surface area contributed by atoms with Crippen molar-refractivity contribution in [2.75, 3.05) is 0 Å². The molecule has 1 fully saturated rings. The lowest BCUT2D eigenvalue weighted by Gasteiger charge is -2.25. The number of thiophene rings is 1. The molecule has 0 amide bonds. The molecule has 14 aromatic carbocycles. The Morgan fingerprint density at radius 2 is 0.711 bits per heavy atom. The van der Waals surface area contributed by atoms with E-state index in [1.54, 1.807) is 0 Å². The van der Waals surface area contributed by atoms with E-state index >= 15 is 0 Å². The van der Waals surface area contributed by atoms with E-state index in [4.69, 9.17) is 15.0 Å². The number of aromatic nitrogens is 5. The molecule has 3 unspecified atom stereocenters. The second kappa shape index (κ2) is 16.6. The van der Waals surface area contributed by atoms with Crippen LogP contribution in [0.25, 0.3) is 153 Å². The number of hydrogen-bond acceptors (Lipinski definition) is 4. The fourth-order valence-corrected chi connectivity index (χ4v) is 19.9. The summed E-state index contributed by atoms with van der Waals surface area (Å²) in [7, 11) is 0. The monoisotopic (exact) mass is 1160 g/mol. The Labute approximate surface area is 519 Å². The highest BCUT2D eigenvalue weighted by Gasteiger charge is 2.96. The lowest BCUT2D eigenvalue weighted by Crippen LogP contribution is -2.21. The molecule has 22 rings (SSSR count). The first-order valence-electron chi connectivity index (χ1n) is 31.2. The molecule has 4 heterocycles. The van der Waals surface area contributed by atoms with Crippen molar-refractivity contribution in [3.8, 4) is 56.7 Å². The number of fused-ring (bicyclic) bond motifs is 10. The molecule has 414 valence electrons. The predicted octanol–water partition coefficient (Wildman–Crippen LogP) is 20.8. The molecule has 3 atom stereocenters. The van der Waals surface area contributed by atoms with Gasteiger partial charge in [-0.05, 0) is 113 Å². The quantitative estimate of drug-likeness (QED) is 0.167. The fraction of sp³-hybridized carbons (Fsp3) is 0.0357. The van der Waals surface area contributed by atoms with Gasteiger partial charge in [-0.15, -0.1) is 11.3 Å². The summed E-state index contributed by atoms with van der Waals surface area (Å²) in [6.07, 6.45) is 0. The standard InChI is InChI=1S/C84H47N5S/c1-4-20-48(21-5-1)51-42-45-67-73-56(51)29-17-34-64(73)83-69-47-44-63(58-31-19-36-66(75(58)69)82(83)65-35-18-30-57-52(43-46-68(74(57)65)84(67,82)83)61-32-16-33-62-55-28-12-15-39-72(55)90-78(61)62)80-85-79(49-22-6-2-7-23-49)86-81(87-80)89-71-38-14-11-27-54(71)60-41-40-59-53-26-10-13-37-70(53)88(76(59)77(60)89)50-24-8-3-9-25-50/h1-47H. The zero-order valence-corrected chi connectivity index (χ0v) is 49.1. The summed E-state index contributed by atoms with van der Waals surface area (Å²) in [6.45, 7) is 0. The molecule has 3 spiro atoms. The summed E-state index contributed by atoms with van der Waals surface area (Å²) in [6, 6.07) is 107. The van der Waals surface area contributed by atoms with Gasteiger partial charge >= 0.3 is 0 Å². The van der Waals surface area contributed by atoms with Gasteiger partial charge in [0.25, 0.3) is 0 Å². The largest absolute Gasteiger partial charge is 0.307 e. The maximum atomic E-state index is 5.80. The number of hydrogen-bond donors (Lipinski definition) is 0. The van der Waals surface area contributed by atoms with Crippen LogP contribution < -0.4 is 0 Å². The third kappa shape index (κ3) is 5.35. The van der Waals surface area contributed by atoms with E-state index in [9.17, 15) is 0 Å². The van der Waals surface area contributed by atoms with Crippen LogP contribution in [0.2, 0.25) is 0 Å². The smallest absolute Gasteiger partial charge is 0.238 e. The fourth-order valence-electron chi connectivity index (χ4n) is 18.6. The van der Waals surface area contributed by atoms with Gasteiger partial charge in [-0.3, -0.25) is 4.57 Å². The molecule has 1 saturated carbocycles. The third-order valence-electron chi connectivity index (χ3n) is 21.5. The van der Waals surface area contributed by atoms with E-state index < -0.39 is 16.2 Å². The molecule has 0 radical (unpaired) electrons. The second-order valence-corrected chi connectivity index (χ2v) is 26.2. The normalized spacial score (nSPS) is 18.1. The lowest BCUT2D eigenvalue weighted by atomic mass is 9.76. The third-order valence-corrected chi connectivity index (χ3v) is 22.7. The average Bonchev–Trinajstić information content (AvgIpc) is 1.37. The molecule has 0 N–H and O–H groups in total. The van der Waals surface area contributed by atoms with Gasteiger partial charge in [-0.2, -0.15) is 9.97 Å². The molecule has 18 aromatic rings. The average molecular weight is 1160 g/mol. The number of benzene rings is 14. The first-order chi connectivity index (χ1) is 44.7. The minimum Gasteiger partial charge on any atom is -0.307 e. The molecule has 90 heavy (non-hydrogen) atoms. The van der Waals surface area contributed by atoms with Crippen molar-refractivity contribution < 1.29 is 0 Å². The number of para-hydroxylation sites is 3. The highest BCUT2D eigenvalue weighted by atomic mass is 32.1. The van der Waals surface area contributed by atoms with Crippen molar-refractivity contribution in [3.05, 3.63) is 318 Å².